The van der Waals surface area contributed by atoms with Gasteiger partial charge in [0, 0.05) is 33.6 Å². The maximum atomic E-state index is 12.9. The number of hydrogen-bond donors (Lipinski definition) is 2. The largest absolute Gasteiger partial charge is 0.494 e. The van der Waals surface area contributed by atoms with Crippen LogP contribution in [0.4, 0.5) is 0 Å². The third-order valence-corrected chi connectivity index (χ3v) is 7.55. The summed E-state index contributed by atoms with van der Waals surface area (Å²) >= 11 is 1.79. The van der Waals surface area contributed by atoms with E-state index in [1.807, 2.05) is 17.7 Å². The molecule has 31 heavy (non-hydrogen) atoms. The van der Waals surface area contributed by atoms with Gasteiger partial charge in [-0.2, -0.15) is 0 Å². The second-order valence-corrected chi connectivity index (χ2v) is 9.28. The minimum atomic E-state index is -1.19. The van der Waals surface area contributed by atoms with Crippen molar-refractivity contribution in [1.29, 1.82) is 0 Å². The molecular weight excluding hydrogens is 436 g/mol. The zero-order valence-corrected chi connectivity index (χ0v) is 19.1. The van der Waals surface area contributed by atoms with E-state index >= 15 is 0 Å². The topological polar surface area (TPSA) is 80.6 Å². The molecular formula is C23H25ClN2O4S. The number of methoxy groups -OCH3 is 1. The first-order valence-corrected chi connectivity index (χ1v) is 11.1. The summed E-state index contributed by atoms with van der Waals surface area (Å²) in [5.41, 5.74) is 2.40. The highest BCUT2D eigenvalue weighted by Crippen LogP contribution is 2.45. The Balaban J connectivity index is 0.00000231. The van der Waals surface area contributed by atoms with Crippen LogP contribution in [0.25, 0.3) is 21.3 Å². The van der Waals surface area contributed by atoms with E-state index in [1.54, 1.807) is 24.5 Å². The number of thiophene rings is 1. The maximum absolute atomic E-state index is 12.9. The van der Waals surface area contributed by atoms with Gasteiger partial charge in [0.1, 0.15) is 5.56 Å². The van der Waals surface area contributed by atoms with Crippen molar-refractivity contribution < 1.29 is 14.6 Å². The van der Waals surface area contributed by atoms with Crippen LogP contribution in [-0.2, 0) is 12.8 Å². The number of aryl methyl sites for hydroxylation is 1. The molecule has 6 nitrogen and oxygen atoms in total. The number of hydrogen-bond acceptors (Lipinski definition) is 5. The summed E-state index contributed by atoms with van der Waals surface area (Å²) < 4.78 is 7.79. The van der Waals surface area contributed by atoms with Gasteiger partial charge < -0.3 is 19.7 Å². The fourth-order valence-electron chi connectivity index (χ4n) is 4.51. The Labute approximate surface area is 190 Å². The number of pyridine rings is 1. The lowest BCUT2D eigenvalue weighted by molar-refractivity contribution is 0.0695. The van der Waals surface area contributed by atoms with Gasteiger partial charge in [0.15, 0.2) is 5.75 Å². The van der Waals surface area contributed by atoms with Gasteiger partial charge in [0.2, 0.25) is 5.43 Å². The van der Waals surface area contributed by atoms with Crippen LogP contribution in [-0.4, -0.2) is 35.8 Å². The molecule has 0 bridgehead atoms. The number of benzene rings is 1. The van der Waals surface area contributed by atoms with Crippen LogP contribution in [0.1, 0.15) is 46.1 Å². The molecule has 2 aromatic heterocycles. The van der Waals surface area contributed by atoms with Crippen molar-refractivity contribution in [3.63, 3.8) is 0 Å². The smallest absolute Gasteiger partial charge is 0.341 e. The fourth-order valence-corrected chi connectivity index (χ4v) is 5.75. The predicted octanol–water partition coefficient (Wildman–Crippen LogP) is 4.27. The lowest BCUT2D eigenvalue weighted by Gasteiger charge is -2.20. The van der Waals surface area contributed by atoms with Gasteiger partial charge in [-0.1, -0.05) is 0 Å². The Hall–Kier alpha value is -2.35. The van der Waals surface area contributed by atoms with Crippen LogP contribution >= 0.6 is 23.7 Å². The molecule has 164 valence electrons. The third-order valence-electron chi connectivity index (χ3n) is 6.28. The Kier molecular flexibility index (Phi) is 5.85. The molecule has 2 N–H and O–H groups in total. The number of nitrogens with one attached hydrogen (secondary N) is 1. The van der Waals surface area contributed by atoms with Gasteiger partial charge >= 0.3 is 5.97 Å². The van der Waals surface area contributed by atoms with Gasteiger partial charge in [0.25, 0.3) is 0 Å². The van der Waals surface area contributed by atoms with Crippen molar-refractivity contribution in [1.82, 2.24) is 9.88 Å². The summed E-state index contributed by atoms with van der Waals surface area (Å²) in [7, 11) is 3.63. The molecule has 1 aromatic carbocycles. The molecule has 0 saturated heterocycles. The Morgan fingerprint density at radius 2 is 2.06 bits per heavy atom. The maximum Gasteiger partial charge on any atom is 0.341 e. The number of ether oxygens (including phenoxy) is 1. The van der Waals surface area contributed by atoms with E-state index < -0.39 is 11.4 Å². The molecule has 1 atom stereocenters. The normalized spacial score (nSPS) is 17.8. The summed E-state index contributed by atoms with van der Waals surface area (Å²) in [6.45, 7) is 0. The molecule has 0 spiro atoms. The average molecular weight is 461 g/mol. The monoisotopic (exact) mass is 460 g/mol. The molecule has 2 heterocycles. The second-order valence-electron chi connectivity index (χ2n) is 8.15. The molecule has 3 aromatic rings. The molecule has 0 radical (unpaired) electrons. The first kappa shape index (κ1) is 21.9. The summed E-state index contributed by atoms with van der Waals surface area (Å²) in [6.07, 6.45) is 6.67. The van der Waals surface area contributed by atoms with Gasteiger partial charge in [-0.25, -0.2) is 4.79 Å². The van der Waals surface area contributed by atoms with Crippen molar-refractivity contribution >= 4 is 40.6 Å². The number of aromatic nitrogens is 1. The van der Waals surface area contributed by atoms with E-state index in [0.29, 0.717) is 22.7 Å². The summed E-state index contributed by atoms with van der Waals surface area (Å²) in [5.74, 6) is -0.540. The first-order valence-electron chi connectivity index (χ1n) is 10.3. The first-order chi connectivity index (χ1) is 14.5. The average Bonchev–Trinajstić information content (AvgIpc) is 3.50. The SMILES string of the molecule is CNC1CCc2sc(-c3ccc4c(=O)c(C(=O)O)cn(C5CC5)c4c3OC)cc2C1.Cl. The Morgan fingerprint density at radius 1 is 1.29 bits per heavy atom. The number of aromatic carboxylic acids is 1. The number of carbonyl (C=O) groups is 1. The van der Waals surface area contributed by atoms with Crippen molar-refractivity contribution in [2.45, 2.75) is 44.2 Å². The van der Waals surface area contributed by atoms with Crippen LogP contribution in [0.5, 0.6) is 5.75 Å². The summed E-state index contributed by atoms with van der Waals surface area (Å²) in [5, 5.41) is 13.3. The zero-order chi connectivity index (χ0) is 21.0. The minimum absolute atomic E-state index is 0. The quantitative estimate of drug-likeness (QED) is 0.594. The lowest BCUT2D eigenvalue weighted by Crippen LogP contribution is -2.30. The fraction of sp³-hybridized carbons (Fsp3) is 0.391. The highest BCUT2D eigenvalue weighted by molar-refractivity contribution is 7.15. The third kappa shape index (κ3) is 3.64. The van der Waals surface area contributed by atoms with Crippen molar-refractivity contribution in [2.24, 2.45) is 0 Å². The van der Waals surface area contributed by atoms with Gasteiger partial charge in [-0.15, -0.1) is 23.7 Å². The molecule has 1 unspecified atom stereocenters. The number of nitrogens with zero attached hydrogens (tertiary/aromatic N) is 1. The van der Waals surface area contributed by atoms with E-state index in [1.165, 1.54) is 16.6 Å². The summed E-state index contributed by atoms with van der Waals surface area (Å²) in [4.78, 5) is 27.0. The molecule has 8 heteroatoms. The van der Waals surface area contributed by atoms with Gasteiger partial charge in [-0.3, -0.25) is 4.79 Å². The van der Waals surface area contributed by atoms with E-state index in [-0.39, 0.29) is 24.0 Å². The molecule has 5 rings (SSSR count). The molecule has 2 aliphatic rings. The van der Waals surface area contributed by atoms with Crippen LogP contribution < -0.4 is 15.5 Å². The highest BCUT2D eigenvalue weighted by atomic mass is 35.5. The molecule has 0 amide bonds. The van der Waals surface area contributed by atoms with Crippen molar-refractivity contribution in [3.05, 3.63) is 50.6 Å². The van der Waals surface area contributed by atoms with Crippen LogP contribution in [0.3, 0.4) is 0 Å². The molecule has 0 aliphatic heterocycles. The second kappa shape index (κ2) is 8.30. The number of rotatable bonds is 5. The van der Waals surface area contributed by atoms with Crippen LogP contribution in [0.15, 0.2) is 29.2 Å². The van der Waals surface area contributed by atoms with E-state index in [4.69, 9.17) is 4.74 Å². The lowest BCUT2D eigenvalue weighted by atomic mass is 9.94. The molecule has 1 saturated carbocycles. The number of carboxylic acid groups (broad SMARTS) is 1. The number of carboxylic acids is 1. The zero-order valence-electron chi connectivity index (χ0n) is 17.4. The molecule has 2 aliphatic carbocycles. The van der Waals surface area contributed by atoms with Crippen LogP contribution in [0, 0.1) is 0 Å². The number of fused-ring (bicyclic) bond motifs is 2. The Bertz CT molecular complexity index is 1230. The number of halogens is 1. The van der Waals surface area contributed by atoms with E-state index in [9.17, 15) is 14.7 Å². The summed E-state index contributed by atoms with van der Waals surface area (Å²) in [6, 6.07) is 6.63. The van der Waals surface area contributed by atoms with E-state index in [0.717, 1.165) is 42.5 Å². The van der Waals surface area contributed by atoms with Crippen molar-refractivity contribution in [3.8, 4) is 16.2 Å². The van der Waals surface area contributed by atoms with E-state index in [2.05, 4.69) is 11.4 Å². The molecule has 1 fully saturated rings. The van der Waals surface area contributed by atoms with Crippen molar-refractivity contribution in [2.75, 3.05) is 14.2 Å². The standard InChI is InChI=1S/C23H24N2O4S.ClH/c1-24-13-3-8-18-12(9-13)10-19(30-18)15-6-7-16-20(22(15)29-2)25(14-4-5-14)11-17(21(16)26)23(27)28;/h6-7,10-11,13-14,24H,3-5,8-9H2,1-2H3,(H,27,28);1H. The number of likely N-dealkylation sites (N-methyl/N-ethyl adjacent to an activating group) is 1. The Morgan fingerprint density at radius 3 is 2.71 bits per heavy atom. The van der Waals surface area contributed by atoms with Gasteiger partial charge in [0.05, 0.1) is 18.0 Å². The van der Waals surface area contributed by atoms with Crippen LogP contribution in [0.2, 0.25) is 0 Å². The predicted molar refractivity (Wildman–Crippen MR) is 125 cm³/mol. The van der Waals surface area contributed by atoms with Gasteiger partial charge in [-0.05, 0) is 62.9 Å². The minimum Gasteiger partial charge on any atom is -0.494 e. The highest BCUT2D eigenvalue weighted by Gasteiger charge is 2.29.